The summed E-state index contributed by atoms with van der Waals surface area (Å²) < 4.78 is 13.0. The van der Waals surface area contributed by atoms with E-state index < -0.39 is 0 Å². The first-order valence-electron chi connectivity index (χ1n) is 10.3. The summed E-state index contributed by atoms with van der Waals surface area (Å²) in [5.41, 5.74) is 1.02. The highest BCUT2D eigenvalue weighted by atomic mass is 16.5. The molecule has 0 amide bonds. The fourth-order valence-electron chi connectivity index (χ4n) is 3.82. The third-order valence-corrected chi connectivity index (χ3v) is 5.63. The van der Waals surface area contributed by atoms with E-state index in [4.69, 9.17) is 9.47 Å². The molecule has 0 bridgehead atoms. The Morgan fingerprint density at radius 1 is 1.22 bits per heavy atom. The molecule has 27 heavy (non-hydrogen) atoms. The van der Waals surface area contributed by atoms with Gasteiger partial charge in [0.15, 0.2) is 0 Å². The average Bonchev–Trinajstić information content (AvgIpc) is 3.09. The number of esters is 2. The van der Waals surface area contributed by atoms with Gasteiger partial charge in [-0.1, -0.05) is 33.1 Å². The number of aryl methyl sites for hydroxylation is 1. The van der Waals surface area contributed by atoms with Crippen LogP contribution in [0.4, 0.5) is 0 Å². The van der Waals surface area contributed by atoms with Crippen molar-refractivity contribution in [2.45, 2.75) is 65.2 Å². The van der Waals surface area contributed by atoms with Crippen LogP contribution in [0.3, 0.4) is 0 Å². The number of hydrogen-bond acceptors (Lipinski definition) is 5. The van der Waals surface area contributed by atoms with Gasteiger partial charge >= 0.3 is 11.9 Å². The lowest BCUT2D eigenvalue weighted by atomic mass is 9.86. The molecule has 6 heteroatoms. The van der Waals surface area contributed by atoms with Crippen molar-refractivity contribution in [1.82, 2.24) is 9.55 Å². The number of nitrogens with zero attached hydrogens (tertiary/aromatic N) is 2. The zero-order valence-electron chi connectivity index (χ0n) is 17.0. The Balaban J connectivity index is 2.00. The van der Waals surface area contributed by atoms with Crippen molar-refractivity contribution in [3.05, 3.63) is 18.2 Å². The highest BCUT2D eigenvalue weighted by Gasteiger charge is 2.31. The maximum absolute atomic E-state index is 12.8. The van der Waals surface area contributed by atoms with E-state index in [2.05, 4.69) is 4.98 Å². The van der Waals surface area contributed by atoms with Gasteiger partial charge in [0, 0.05) is 31.3 Å². The summed E-state index contributed by atoms with van der Waals surface area (Å²) in [6.45, 7) is 4.51. The molecular formula is C21H34N2O4. The van der Waals surface area contributed by atoms with Gasteiger partial charge in [0.05, 0.1) is 25.5 Å². The van der Waals surface area contributed by atoms with Crippen LogP contribution >= 0.6 is 0 Å². The van der Waals surface area contributed by atoms with Crippen LogP contribution in [-0.2, 0) is 32.5 Å². The first-order valence-corrected chi connectivity index (χ1v) is 10.3. The Morgan fingerprint density at radius 3 is 2.56 bits per heavy atom. The van der Waals surface area contributed by atoms with E-state index in [0.29, 0.717) is 31.8 Å². The number of rotatable bonds is 10. The molecule has 0 N–H and O–H groups in total. The lowest BCUT2D eigenvalue weighted by molar-refractivity contribution is -0.156. The summed E-state index contributed by atoms with van der Waals surface area (Å²) in [6, 6.07) is 0. The number of carbonyl (C=O) groups is 2. The van der Waals surface area contributed by atoms with Gasteiger partial charge in [-0.05, 0) is 31.6 Å². The van der Waals surface area contributed by atoms with Crippen LogP contribution in [0.25, 0.3) is 0 Å². The van der Waals surface area contributed by atoms with Gasteiger partial charge in [0.25, 0.3) is 0 Å². The van der Waals surface area contributed by atoms with E-state index in [-0.39, 0.29) is 30.4 Å². The first-order chi connectivity index (χ1) is 13.0. The molecule has 1 aromatic rings. The topological polar surface area (TPSA) is 70.4 Å². The third-order valence-electron chi connectivity index (χ3n) is 5.63. The van der Waals surface area contributed by atoms with Crippen LogP contribution in [0.15, 0.2) is 12.5 Å². The van der Waals surface area contributed by atoms with E-state index in [1.165, 1.54) is 19.3 Å². The monoisotopic (exact) mass is 378 g/mol. The predicted octanol–water partition coefficient (Wildman–Crippen LogP) is 3.68. The van der Waals surface area contributed by atoms with Crippen LogP contribution in [0.5, 0.6) is 0 Å². The van der Waals surface area contributed by atoms with Crippen LogP contribution in [-0.4, -0.2) is 34.7 Å². The van der Waals surface area contributed by atoms with Gasteiger partial charge in [0.1, 0.15) is 0 Å². The maximum atomic E-state index is 12.8. The van der Waals surface area contributed by atoms with Crippen molar-refractivity contribution in [1.29, 1.82) is 0 Å². The van der Waals surface area contributed by atoms with Crippen molar-refractivity contribution in [2.75, 3.05) is 13.2 Å². The molecule has 0 radical (unpaired) electrons. The molecule has 152 valence electrons. The molecule has 1 fully saturated rings. The predicted molar refractivity (Wildman–Crippen MR) is 103 cm³/mol. The van der Waals surface area contributed by atoms with Crippen LogP contribution in [0, 0.1) is 17.8 Å². The number of ether oxygens (including phenoxy) is 2. The molecule has 0 spiro atoms. The molecule has 0 aromatic carbocycles. The van der Waals surface area contributed by atoms with E-state index in [0.717, 1.165) is 18.5 Å². The van der Waals surface area contributed by atoms with Crippen molar-refractivity contribution in [3.63, 3.8) is 0 Å². The van der Waals surface area contributed by atoms with Crippen molar-refractivity contribution < 1.29 is 19.1 Å². The zero-order valence-corrected chi connectivity index (χ0v) is 17.0. The summed E-state index contributed by atoms with van der Waals surface area (Å²) in [5, 5.41) is 0. The molecule has 1 saturated carbocycles. The van der Waals surface area contributed by atoms with Gasteiger partial charge in [0.2, 0.25) is 0 Å². The summed E-state index contributed by atoms with van der Waals surface area (Å²) in [6.07, 6.45) is 11.2. The normalized spacial score (nSPS) is 17.3. The van der Waals surface area contributed by atoms with E-state index in [9.17, 15) is 9.59 Å². The summed E-state index contributed by atoms with van der Waals surface area (Å²) in [5.74, 6) is -0.306. The van der Waals surface area contributed by atoms with Crippen molar-refractivity contribution in [3.8, 4) is 0 Å². The second kappa shape index (κ2) is 11.1. The van der Waals surface area contributed by atoms with Gasteiger partial charge in [-0.15, -0.1) is 0 Å². The minimum Gasteiger partial charge on any atom is -0.465 e. The number of carbonyl (C=O) groups excluding carboxylic acids is 2. The van der Waals surface area contributed by atoms with Crippen LogP contribution in [0.2, 0.25) is 0 Å². The Morgan fingerprint density at radius 2 is 1.96 bits per heavy atom. The standard InChI is InChI=1S/C21H34N2O4/c1-4-19(21(25)27-13-16-9-7-6-8-10-16)17(14-26-20(24)5-2)11-18-12-22-15-23(18)3/h12,15-17,19H,4-11,13-14H2,1-3H3/t17-,19-/m0/s1. The quantitative estimate of drug-likeness (QED) is 0.581. The Hall–Kier alpha value is -1.85. The van der Waals surface area contributed by atoms with Crippen molar-refractivity contribution >= 4 is 11.9 Å². The Bertz CT molecular complexity index is 593. The zero-order chi connectivity index (χ0) is 19.6. The average molecular weight is 379 g/mol. The molecule has 6 nitrogen and oxygen atoms in total. The largest absolute Gasteiger partial charge is 0.465 e. The maximum Gasteiger partial charge on any atom is 0.309 e. The molecule has 2 rings (SSSR count). The van der Waals surface area contributed by atoms with Crippen LogP contribution in [0.1, 0.15) is 64.5 Å². The highest BCUT2D eigenvalue weighted by Crippen LogP contribution is 2.26. The minimum atomic E-state index is -0.284. The summed E-state index contributed by atoms with van der Waals surface area (Å²) in [4.78, 5) is 28.6. The molecule has 0 saturated heterocycles. The smallest absolute Gasteiger partial charge is 0.309 e. The van der Waals surface area contributed by atoms with Gasteiger partial charge in [-0.2, -0.15) is 0 Å². The molecule has 0 aliphatic heterocycles. The second-order valence-corrected chi connectivity index (χ2v) is 7.65. The first kappa shape index (κ1) is 21.5. The summed E-state index contributed by atoms with van der Waals surface area (Å²) in [7, 11) is 1.93. The van der Waals surface area contributed by atoms with Crippen LogP contribution < -0.4 is 0 Å². The van der Waals surface area contributed by atoms with E-state index in [1.54, 1.807) is 19.4 Å². The Labute approximate surface area is 162 Å². The van der Waals surface area contributed by atoms with E-state index >= 15 is 0 Å². The SMILES string of the molecule is CCC(=O)OC[C@H](Cc1cncn1C)[C@H](CC)C(=O)OCC1CCCCC1. The molecule has 1 heterocycles. The van der Waals surface area contributed by atoms with E-state index in [1.807, 2.05) is 18.5 Å². The lowest BCUT2D eigenvalue weighted by Gasteiger charge is -2.26. The van der Waals surface area contributed by atoms with Crippen molar-refractivity contribution in [2.24, 2.45) is 24.8 Å². The number of aromatic nitrogens is 2. The third kappa shape index (κ3) is 6.67. The molecule has 1 aromatic heterocycles. The molecule has 2 atom stereocenters. The fraction of sp³-hybridized carbons (Fsp3) is 0.762. The summed E-state index contributed by atoms with van der Waals surface area (Å²) >= 11 is 0. The lowest BCUT2D eigenvalue weighted by Crippen LogP contribution is -2.32. The second-order valence-electron chi connectivity index (χ2n) is 7.65. The van der Waals surface area contributed by atoms with Gasteiger partial charge in [-0.25, -0.2) is 4.98 Å². The fourth-order valence-corrected chi connectivity index (χ4v) is 3.82. The number of hydrogen-bond donors (Lipinski definition) is 0. The number of imidazole rings is 1. The Kier molecular flexibility index (Phi) is 8.82. The highest BCUT2D eigenvalue weighted by molar-refractivity contribution is 5.73. The molecule has 0 unspecified atom stereocenters. The van der Waals surface area contributed by atoms with Gasteiger partial charge < -0.3 is 14.0 Å². The van der Waals surface area contributed by atoms with Gasteiger partial charge in [-0.3, -0.25) is 9.59 Å². The molecule has 1 aliphatic rings. The molecule has 1 aliphatic carbocycles. The molecular weight excluding hydrogens is 344 g/mol. The minimum absolute atomic E-state index is 0.111.